The summed E-state index contributed by atoms with van der Waals surface area (Å²) in [5.74, 6) is 1.38. The van der Waals surface area contributed by atoms with Gasteiger partial charge in [-0.15, -0.1) is 0 Å². The van der Waals surface area contributed by atoms with E-state index in [1.54, 1.807) is 0 Å². The first-order valence-electron chi connectivity index (χ1n) is 8.69. The zero-order valence-electron chi connectivity index (χ0n) is 14.5. The summed E-state index contributed by atoms with van der Waals surface area (Å²) in [5.41, 5.74) is 2.68. The summed E-state index contributed by atoms with van der Waals surface area (Å²) >= 11 is 0. The molecule has 2 atom stereocenters. The van der Waals surface area contributed by atoms with Crippen LogP contribution >= 0.6 is 0 Å². The minimum absolute atomic E-state index is 0.0668. The van der Waals surface area contributed by atoms with E-state index in [0.717, 1.165) is 5.92 Å². The Bertz CT molecular complexity index is 449. The first kappa shape index (κ1) is 16.5. The van der Waals surface area contributed by atoms with Gasteiger partial charge in [0.1, 0.15) is 0 Å². The van der Waals surface area contributed by atoms with E-state index in [9.17, 15) is 0 Å². The van der Waals surface area contributed by atoms with Crippen molar-refractivity contribution in [3.05, 3.63) is 35.4 Å². The Morgan fingerprint density at radius 3 is 2.57 bits per heavy atom. The van der Waals surface area contributed by atoms with Crippen LogP contribution in [0.3, 0.4) is 0 Å². The molecule has 1 aromatic rings. The van der Waals surface area contributed by atoms with Crippen molar-refractivity contribution in [2.24, 2.45) is 11.8 Å². The lowest BCUT2D eigenvalue weighted by atomic mass is 9.68. The molecular weight excluding hydrogens is 256 g/mol. The van der Waals surface area contributed by atoms with Crippen molar-refractivity contribution in [1.29, 1.82) is 0 Å². The molecule has 21 heavy (non-hydrogen) atoms. The zero-order chi connectivity index (χ0) is 15.5. The van der Waals surface area contributed by atoms with Crippen LogP contribution in [0.4, 0.5) is 0 Å². The highest BCUT2D eigenvalue weighted by molar-refractivity contribution is 5.29. The van der Waals surface area contributed by atoms with E-state index >= 15 is 0 Å². The average Bonchev–Trinajstić information content (AvgIpc) is 2.40. The van der Waals surface area contributed by atoms with Crippen LogP contribution in [0.2, 0.25) is 0 Å². The van der Waals surface area contributed by atoms with Gasteiger partial charge in [0, 0.05) is 0 Å². The molecule has 1 aliphatic carbocycles. The molecule has 1 aromatic carbocycles. The third kappa shape index (κ3) is 3.88. The van der Waals surface area contributed by atoms with Crippen molar-refractivity contribution in [3.8, 4) is 0 Å². The molecule has 0 bridgehead atoms. The molecule has 0 aromatic heterocycles. The van der Waals surface area contributed by atoms with Crippen molar-refractivity contribution in [2.45, 2.75) is 78.4 Å². The van der Waals surface area contributed by atoms with Crippen molar-refractivity contribution in [2.75, 3.05) is 0 Å². The van der Waals surface area contributed by atoms with Gasteiger partial charge >= 0.3 is 0 Å². The fourth-order valence-corrected chi connectivity index (χ4v) is 4.03. The smallest absolute Gasteiger partial charge is 0.0962 e. The Morgan fingerprint density at radius 2 is 1.95 bits per heavy atom. The van der Waals surface area contributed by atoms with Gasteiger partial charge in [0.05, 0.1) is 11.7 Å². The van der Waals surface area contributed by atoms with Crippen molar-refractivity contribution in [3.63, 3.8) is 0 Å². The summed E-state index contributed by atoms with van der Waals surface area (Å²) in [7, 11) is 0. The van der Waals surface area contributed by atoms with Crippen LogP contribution in [0.1, 0.15) is 70.9 Å². The normalized spacial score (nSPS) is 26.5. The van der Waals surface area contributed by atoms with Gasteiger partial charge in [-0.1, -0.05) is 56.5 Å². The molecular formula is C20H32O. The van der Waals surface area contributed by atoms with Crippen LogP contribution in [0.5, 0.6) is 0 Å². The summed E-state index contributed by atoms with van der Waals surface area (Å²) < 4.78 is 6.63. The predicted octanol–water partition coefficient (Wildman–Crippen LogP) is 5.85. The number of hydrogen-bond acceptors (Lipinski definition) is 1. The number of rotatable bonds is 5. The fourth-order valence-electron chi connectivity index (χ4n) is 4.03. The van der Waals surface area contributed by atoms with E-state index in [1.807, 2.05) is 0 Å². The van der Waals surface area contributed by atoms with Gasteiger partial charge in [-0.3, -0.25) is 0 Å². The second-order valence-electron chi connectivity index (χ2n) is 7.50. The summed E-state index contributed by atoms with van der Waals surface area (Å²) in [5, 5.41) is 0. The maximum Gasteiger partial charge on any atom is 0.0962 e. The number of benzene rings is 1. The maximum absolute atomic E-state index is 6.63. The number of ether oxygens (including phenoxy) is 1. The molecule has 118 valence electrons. The number of hydrogen-bond donors (Lipinski definition) is 0. The van der Waals surface area contributed by atoms with E-state index in [0.29, 0.717) is 5.92 Å². The first-order chi connectivity index (χ1) is 9.94. The Hall–Kier alpha value is -0.820. The minimum atomic E-state index is -0.0668. The van der Waals surface area contributed by atoms with Crippen LogP contribution in [0.25, 0.3) is 0 Å². The second-order valence-corrected chi connectivity index (χ2v) is 7.50. The number of aryl methyl sites for hydroxylation is 1. The highest BCUT2D eigenvalue weighted by Crippen LogP contribution is 2.48. The predicted molar refractivity (Wildman–Crippen MR) is 90.5 cm³/mol. The molecule has 1 heteroatoms. The van der Waals surface area contributed by atoms with Crippen molar-refractivity contribution < 1.29 is 4.74 Å². The van der Waals surface area contributed by atoms with E-state index in [1.165, 1.54) is 43.2 Å². The van der Waals surface area contributed by atoms with E-state index in [4.69, 9.17) is 4.74 Å². The third-order valence-corrected chi connectivity index (χ3v) is 4.72. The Balaban J connectivity index is 2.42. The van der Waals surface area contributed by atoms with Crippen LogP contribution in [0.15, 0.2) is 24.3 Å². The lowest BCUT2D eigenvalue weighted by Gasteiger charge is -2.46. The highest BCUT2D eigenvalue weighted by atomic mass is 16.5. The van der Waals surface area contributed by atoms with Gasteiger partial charge in [-0.2, -0.15) is 0 Å². The van der Waals surface area contributed by atoms with E-state index in [2.05, 4.69) is 58.9 Å². The van der Waals surface area contributed by atoms with Crippen molar-refractivity contribution in [1.82, 2.24) is 0 Å². The molecule has 2 rings (SSSR count). The molecule has 0 radical (unpaired) electrons. The Kier molecular flexibility index (Phi) is 5.48. The van der Waals surface area contributed by atoms with Crippen LogP contribution in [-0.4, -0.2) is 6.10 Å². The molecule has 0 spiro atoms. The summed E-state index contributed by atoms with van der Waals surface area (Å²) in [6.45, 7) is 11.2. The van der Waals surface area contributed by atoms with Crippen LogP contribution < -0.4 is 0 Å². The SMILES string of the molecule is Cc1cccc([C@@]2(OC(C)C)CCCCC2CC(C)C)c1. The van der Waals surface area contributed by atoms with E-state index in [-0.39, 0.29) is 11.7 Å². The monoisotopic (exact) mass is 288 g/mol. The largest absolute Gasteiger partial charge is 0.367 e. The van der Waals surface area contributed by atoms with Gasteiger partial charge in [-0.25, -0.2) is 0 Å². The molecule has 0 amide bonds. The lowest BCUT2D eigenvalue weighted by molar-refractivity contribution is -0.146. The lowest BCUT2D eigenvalue weighted by Crippen LogP contribution is -2.43. The molecule has 1 fully saturated rings. The molecule has 1 aliphatic rings. The van der Waals surface area contributed by atoms with Gasteiger partial charge in [0.15, 0.2) is 0 Å². The van der Waals surface area contributed by atoms with Gasteiger partial charge < -0.3 is 4.74 Å². The zero-order valence-corrected chi connectivity index (χ0v) is 14.5. The first-order valence-corrected chi connectivity index (χ1v) is 8.69. The second kappa shape index (κ2) is 6.96. The average molecular weight is 288 g/mol. The van der Waals surface area contributed by atoms with Gasteiger partial charge in [-0.05, 0) is 57.4 Å². The molecule has 1 saturated carbocycles. The topological polar surface area (TPSA) is 9.23 Å². The summed E-state index contributed by atoms with van der Waals surface area (Å²) in [6, 6.07) is 9.01. The van der Waals surface area contributed by atoms with E-state index < -0.39 is 0 Å². The van der Waals surface area contributed by atoms with Crippen molar-refractivity contribution >= 4 is 0 Å². The molecule has 1 nitrogen and oxygen atoms in total. The van der Waals surface area contributed by atoms with Crippen LogP contribution in [0, 0.1) is 18.8 Å². The molecule has 0 saturated heterocycles. The maximum atomic E-state index is 6.63. The molecule has 0 N–H and O–H groups in total. The molecule has 0 aliphatic heterocycles. The summed E-state index contributed by atoms with van der Waals surface area (Å²) in [6.07, 6.45) is 6.66. The fraction of sp³-hybridized carbons (Fsp3) is 0.700. The van der Waals surface area contributed by atoms with Crippen LogP contribution in [-0.2, 0) is 10.3 Å². The summed E-state index contributed by atoms with van der Waals surface area (Å²) in [4.78, 5) is 0. The Morgan fingerprint density at radius 1 is 1.19 bits per heavy atom. The molecule has 0 heterocycles. The van der Waals surface area contributed by atoms with Gasteiger partial charge in [0.25, 0.3) is 0 Å². The third-order valence-electron chi connectivity index (χ3n) is 4.72. The minimum Gasteiger partial charge on any atom is -0.367 e. The quantitative estimate of drug-likeness (QED) is 0.660. The molecule has 1 unspecified atom stereocenters. The van der Waals surface area contributed by atoms with Gasteiger partial charge in [0.2, 0.25) is 0 Å². The highest BCUT2D eigenvalue weighted by Gasteiger charge is 2.43. The Labute approximate surface area is 131 Å². The standard InChI is InChI=1S/C20H32O/c1-15(2)13-18-10-6-7-12-20(18,21-16(3)4)19-11-8-9-17(5)14-19/h8-9,11,14-16,18H,6-7,10,12-13H2,1-5H3/t18?,20-/m1/s1.